The van der Waals surface area contributed by atoms with Crippen molar-refractivity contribution in [3.63, 3.8) is 0 Å². The lowest BCUT2D eigenvalue weighted by atomic mass is 9.31. The predicted octanol–water partition coefficient (Wildman–Crippen LogP) is 14.3. The highest BCUT2D eigenvalue weighted by molar-refractivity contribution is 6.99. The van der Waals surface area contributed by atoms with E-state index in [0.29, 0.717) is 0 Å². The molecule has 2 aliphatic carbocycles. The van der Waals surface area contributed by atoms with Gasteiger partial charge in [0.15, 0.2) is 0 Å². The number of hydrogen-bond donors (Lipinski definition) is 0. The van der Waals surface area contributed by atoms with Gasteiger partial charge in [-0.25, -0.2) is 0 Å². The van der Waals surface area contributed by atoms with Crippen molar-refractivity contribution in [3.05, 3.63) is 164 Å². The molecule has 0 N–H and O–H groups in total. The standard InChI is InChI=1S/C61H70BN/c1-37-28-46-44(24-21-40-20-23-43(30-38(40)2)57(4,5)6)45-32-42(41-18-16-15-17-19-41)22-25-51(45)62-52-33-48-50(61(13,14)36-60(48,11)12)35-54(52)63(55(29-37)56(46)62)53-34-49-47(31-39(53)3)58(7,8)26-27-59(49,9)10/h15-20,22-23,25,28-35,44H,21,24,26-27,36H2,1-14H3. The summed E-state index contributed by atoms with van der Waals surface area (Å²) in [5.74, 6) is 0.257. The van der Waals surface area contributed by atoms with Crippen LogP contribution in [0.3, 0.4) is 0 Å². The number of fused-ring (bicyclic) bond motifs is 6. The Morgan fingerprint density at radius 2 is 1.19 bits per heavy atom. The van der Waals surface area contributed by atoms with Crippen molar-refractivity contribution in [2.75, 3.05) is 4.90 Å². The molecule has 1 unspecified atom stereocenters. The van der Waals surface area contributed by atoms with Gasteiger partial charge in [0, 0.05) is 23.0 Å². The van der Waals surface area contributed by atoms with Crippen LogP contribution in [0.25, 0.3) is 11.1 Å². The third-order valence-corrected chi connectivity index (χ3v) is 16.5. The van der Waals surface area contributed by atoms with E-state index in [9.17, 15) is 0 Å². The molecule has 6 aromatic rings. The zero-order valence-electron chi connectivity index (χ0n) is 41.0. The minimum atomic E-state index is 0.0812. The normalized spacial score (nSPS) is 19.5. The fraction of sp³-hybridized carbons (Fsp3) is 0.410. The average Bonchev–Trinajstić information content (AvgIpc) is 3.40. The van der Waals surface area contributed by atoms with Gasteiger partial charge in [0.05, 0.1) is 0 Å². The van der Waals surface area contributed by atoms with Gasteiger partial charge in [-0.15, -0.1) is 0 Å². The first-order valence-corrected chi connectivity index (χ1v) is 24.1. The molecule has 0 saturated carbocycles. The SMILES string of the molecule is Cc1cc2c3c(c1)N(c1cc4c(cc1C)C(C)(C)CCC4(C)C)c1cc4c(cc1B3c1ccc(-c3ccccc3)cc1C2CCc1ccc(C(C)(C)C)cc1C)C(C)(C)CC4(C)C. The molecular formula is C61H70BN. The van der Waals surface area contributed by atoms with Crippen LogP contribution in [0.2, 0.25) is 0 Å². The van der Waals surface area contributed by atoms with E-state index in [4.69, 9.17) is 0 Å². The van der Waals surface area contributed by atoms with Gasteiger partial charge in [-0.3, -0.25) is 0 Å². The summed E-state index contributed by atoms with van der Waals surface area (Å²) < 4.78 is 0. The monoisotopic (exact) mass is 828 g/mol. The Kier molecular flexibility index (Phi) is 9.43. The first-order valence-electron chi connectivity index (χ1n) is 24.1. The summed E-state index contributed by atoms with van der Waals surface area (Å²) in [6, 6.07) is 41.5. The molecule has 322 valence electrons. The minimum Gasteiger partial charge on any atom is -0.311 e. The van der Waals surface area contributed by atoms with Crippen LogP contribution >= 0.6 is 0 Å². The number of hydrogen-bond acceptors (Lipinski definition) is 1. The molecule has 1 nitrogen and oxygen atoms in total. The Balaban J connectivity index is 1.25. The van der Waals surface area contributed by atoms with E-state index in [1.54, 1.807) is 0 Å². The molecule has 63 heavy (non-hydrogen) atoms. The Bertz CT molecular complexity index is 2840. The van der Waals surface area contributed by atoms with Gasteiger partial charge in [0.1, 0.15) is 0 Å². The second kappa shape index (κ2) is 14.1. The molecule has 0 fully saturated rings. The summed E-state index contributed by atoms with van der Waals surface area (Å²) in [6.45, 7) is 34.0. The summed E-state index contributed by atoms with van der Waals surface area (Å²) in [6.07, 6.45) is 5.66. The van der Waals surface area contributed by atoms with Crippen LogP contribution in [0, 0.1) is 20.8 Å². The van der Waals surface area contributed by atoms with Crippen LogP contribution in [-0.2, 0) is 33.5 Å². The molecular weight excluding hydrogens is 757 g/mol. The highest BCUT2D eigenvalue weighted by Gasteiger charge is 2.48. The molecule has 10 rings (SSSR count). The molecule has 0 aromatic heterocycles. The number of benzene rings is 6. The topological polar surface area (TPSA) is 3.24 Å². The highest BCUT2D eigenvalue weighted by Crippen LogP contribution is 2.54. The summed E-state index contributed by atoms with van der Waals surface area (Å²) >= 11 is 0. The molecule has 2 heterocycles. The number of aryl methyl sites for hydroxylation is 4. The maximum Gasteiger partial charge on any atom is 0.247 e. The zero-order valence-corrected chi connectivity index (χ0v) is 41.0. The van der Waals surface area contributed by atoms with Crippen molar-refractivity contribution in [3.8, 4) is 11.1 Å². The number of nitrogens with zero attached hydrogens (tertiary/aromatic N) is 1. The second-order valence-corrected chi connectivity index (χ2v) is 24.1. The van der Waals surface area contributed by atoms with Crippen molar-refractivity contribution < 1.29 is 0 Å². The van der Waals surface area contributed by atoms with Crippen LogP contribution < -0.4 is 21.3 Å². The summed E-state index contributed by atoms with van der Waals surface area (Å²) in [4.78, 5) is 2.75. The van der Waals surface area contributed by atoms with Crippen molar-refractivity contribution in [1.82, 2.24) is 0 Å². The van der Waals surface area contributed by atoms with Crippen LogP contribution in [0.1, 0.15) is 169 Å². The molecule has 4 aliphatic rings. The van der Waals surface area contributed by atoms with Gasteiger partial charge >= 0.3 is 0 Å². The summed E-state index contributed by atoms with van der Waals surface area (Å²) in [5, 5.41) is 0. The zero-order chi connectivity index (χ0) is 44.8. The van der Waals surface area contributed by atoms with Gasteiger partial charge in [-0.05, 0) is 181 Å². The van der Waals surface area contributed by atoms with Crippen molar-refractivity contribution in [2.24, 2.45) is 0 Å². The van der Waals surface area contributed by atoms with E-state index < -0.39 is 0 Å². The maximum absolute atomic E-state index is 2.75. The third kappa shape index (κ3) is 6.70. The van der Waals surface area contributed by atoms with Gasteiger partial charge < -0.3 is 4.90 Å². The minimum absolute atomic E-state index is 0.0812. The molecule has 0 saturated heterocycles. The third-order valence-electron chi connectivity index (χ3n) is 16.5. The van der Waals surface area contributed by atoms with Crippen molar-refractivity contribution >= 4 is 40.2 Å². The fourth-order valence-electron chi connectivity index (χ4n) is 13.0. The van der Waals surface area contributed by atoms with Gasteiger partial charge in [-0.2, -0.15) is 0 Å². The molecule has 2 aliphatic heterocycles. The van der Waals surface area contributed by atoms with Crippen LogP contribution in [-0.4, -0.2) is 6.71 Å². The van der Waals surface area contributed by atoms with Crippen molar-refractivity contribution in [1.29, 1.82) is 0 Å². The lowest BCUT2D eigenvalue weighted by Gasteiger charge is -2.46. The van der Waals surface area contributed by atoms with Gasteiger partial charge in [0.25, 0.3) is 0 Å². The number of anilines is 3. The van der Waals surface area contributed by atoms with Gasteiger partial charge in [0.2, 0.25) is 6.71 Å². The van der Waals surface area contributed by atoms with Crippen molar-refractivity contribution in [2.45, 2.75) is 162 Å². The molecule has 2 heteroatoms. The van der Waals surface area contributed by atoms with Crippen LogP contribution in [0.15, 0.2) is 103 Å². The Hall–Kier alpha value is -4.82. The van der Waals surface area contributed by atoms with E-state index in [0.717, 1.165) is 19.3 Å². The first kappa shape index (κ1) is 42.2. The largest absolute Gasteiger partial charge is 0.311 e. The second-order valence-electron chi connectivity index (χ2n) is 24.1. The first-order chi connectivity index (χ1) is 29.6. The summed E-state index contributed by atoms with van der Waals surface area (Å²) in [7, 11) is 0. The number of rotatable bonds is 5. The highest BCUT2D eigenvalue weighted by atomic mass is 15.2. The van der Waals surface area contributed by atoms with E-state index >= 15 is 0 Å². The lowest BCUT2D eigenvalue weighted by Crippen LogP contribution is -2.62. The Morgan fingerprint density at radius 3 is 1.86 bits per heavy atom. The molecule has 6 aromatic carbocycles. The Morgan fingerprint density at radius 1 is 0.556 bits per heavy atom. The molecule has 0 spiro atoms. The van der Waals surface area contributed by atoms with Gasteiger partial charge in [-0.1, -0.05) is 167 Å². The van der Waals surface area contributed by atoms with E-state index in [-0.39, 0.29) is 39.7 Å². The smallest absolute Gasteiger partial charge is 0.247 e. The van der Waals surface area contributed by atoms with E-state index in [1.807, 2.05) is 0 Å². The maximum atomic E-state index is 2.75. The van der Waals surface area contributed by atoms with E-state index in [2.05, 4.69) is 205 Å². The molecule has 1 atom stereocenters. The van der Waals surface area contributed by atoms with Crippen LogP contribution in [0.5, 0.6) is 0 Å². The fourth-order valence-corrected chi connectivity index (χ4v) is 13.0. The Labute approximate surface area is 380 Å². The predicted molar refractivity (Wildman–Crippen MR) is 273 cm³/mol. The summed E-state index contributed by atoms with van der Waals surface area (Å²) in [5.41, 5.74) is 27.9. The quantitative estimate of drug-likeness (QED) is 0.156. The van der Waals surface area contributed by atoms with E-state index in [1.165, 1.54) is 119 Å². The molecule has 0 bridgehead atoms. The molecule has 0 radical (unpaired) electrons. The lowest BCUT2D eigenvalue weighted by molar-refractivity contribution is 0.332. The van der Waals surface area contributed by atoms with Crippen LogP contribution in [0.4, 0.5) is 17.1 Å². The molecule has 0 amide bonds. The average molecular weight is 828 g/mol.